The summed E-state index contributed by atoms with van der Waals surface area (Å²) in [5.74, 6) is 0.534. The maximum Gasteiger partial charge on any atom is 0.312 e. The second-order valence-electron chi connectivity index (χ2n) is 2.65. The standard InChI is InChI=1S/C7H12NO2/c1-10-5-7-2-3-8(4-7)6-9/h7H,2-5H2,1H3. The monoisotopic (exact) mass is 142 g/mol. The van der Waals surface area contributed by atoms with Crippen LogP contribution in [0.1, 0.15) is 6.42 Å². The first kappa shape index (κ1) is 7.54. The molecule has 3 nitrogen and oxygen atoms in total. The Labute approximate surface area is 61.0 Å². The quantitative estimate of drug-likeness (QED) is 0.556. The van der Waals surface area contributed by atoms with Crippen LogP contribution in [-0.2, 0) is 9.53 Å². The van der Waals surface area contributed by atoms with Crippen LogP contribution in [0.5, 0.6) is 0 Å². The predicted molar refractivity (Wildman–Crippen MR) is 37.2 cm³/mol. The topological polar surface area (TPSA) is 29.5 Å². The summed E-state index contributed by atoms with van der Waals surface area (Å²) >= 11 is 0. The van der Waals surface area contributed by atoms with Crippen LogP contribution in [0.3, 0.4) is 0 Å². The first-order valence-electron chi connectivity index (χ1n) is 3.48. The van der Waals surface area contributed by atoms with Gasteiger partial charge >= 0.3 is 6.41 Å². The Morgan fingerprint density at radius 2 is 2.60 bits per heavy atom. The molecule has 10 heavy (non-hydrogen) atoms. The number of amides is 1. The van der Waals surface area contributed by atoms with Crippen molar-refractivity contribution >= 4 is 6.41 Å². The van der Waals surface area contributed by atoms with Crippen LogP contribution >= 0.6 is 0 Å². The minimum absolute atomic E-state index is 0.534. The van der Waals surface area contributed by atoms with Gasteiger partial charge in [-0.1, -0.05) is 0 Å². The van der Waals surface area contributed by atoms with Crippen molar-refractivity contribution in [3.63, 3.8) is 0 Å². The van der Waals surface area contributed by atoms with Crippen molar-refractivity contribution in [2.45, 2.75) is 6.42 Å². The van der Waals surface area contributed by atoms with Crippen molar-refractivity contribution in [2.24, 2.45) is 5.92 Å². The lowest BCUT2D eigenvalue weighted by atomic mass is 10.1. The Hall–Kier alpha value is -0.570. The van der Waals surface area contributed by atoms with E-state index in [0.717, 1.165) is 26.1 Å². The molecule has 1 aliphatic heterocycles. The zero-order valence-corrected chi connectivity index (χ0v) is 6.17. The summed E-state index contributed by atoms with van der Waals surface area (Å²) in [5, 5.41) is 0. The van der Waals surface area contributed by atoms with Crippen molar-refractivity contribution in [3.05, 3.63) is 0 Å². The second-order valence-corrected chi connectivity index (χ2v) is 2.65. The molecular formula is C7H12NO2. The third kappa shape index (κ3) is 1.70. The molecule has 0 N–H and O–H groups in total. The zero-order valence-electron chi connectivity index (χ0n) is 6.17. The number of methoxy groups -OCH3 is 1. The SMILES string of the molecule is COCC1CCN([C]=O)C1. The average Bonchev–Trinajstić information content (AvgIpc) is 2.37. The van der Waals surface area contributed by atoms with Gasteiger partial charge in [-0.25, -0.2) is 0 Å². The fraction of sp³-hybridized carbons (Fsp3) is 0.857. The summed E-state index contributed by atoms with van der Waals surface area (Å²) in [5.41, 5.74) is 0. The summed E-state index contributed by atoms with van der Waals surface area (Å²) in [6, 6.07) is 0. The van der Waals surface area contributed by atoms with E-state index in [-0.39, 0.29) is 0 Å². The van der Waals surface area contributed by atoms with E-state index in [9.17, 15) is 4.79 Å². The van der Waals surface area contributed by atoms with Crippen molar-refractivity contribution < 1.29 is 9.53 Å². The second kappa shape index (κ2) is 3.56. The van der Waals surface area contributed by atoms with E-state index in [2.05, 4.69) is 0 Å². The summed E-state index contributed by atoms with van der Waals surface area (Å²) in [6.07, 6.45) is 2.94. The van der Waals surface area contributed by atoms with E-state index in [1.807, 2.05) is 6.41 Å². The summed E-state index contributed by atoms with van der Waals surface area (Å²) < 4.78 is 4.96. The van der Waals surface area contributed by atoms with Gasteiger partial charge in [0, 0.05) is 26.1 Å². The zero-order chi connectivity index (χ0) is 7.40. The number of ether oxygens (including phenoxy) is 1. The van der Waals surface area contributed by atoms with Crippen LogP contribution in [0.4, 0.5) is 0 Å². The first-order valence-corrected chi connectivity index (χ1v) is 3.48. The highest BCUT2D eigenvalue weighted by Crippen LogP contribution is 2.13. The third-order valence-electron chi connectivity index (χ3n) is 1.82. The Morgan fingerprint density at radius 3 is 3.10 bits per heavy atom. The van der Waals surface area contributed by atoms with E-state index in [1.54, 1.807) is 12.0 Å². The van der Waals surface area contributed by atoms with Crippen molar-refractivity contribution in [3.8, 4) is 0 Å². The fourth-order valence-electron chi connectivity index (χ4n) is 1.29. The highest BCUT2D eigenvalue weighted by molar-refractivity contribution is 5.48. The van der Waals surface area contributed by atoms with Crippen molar-refractivity contribution in [1.82, 2.24) is 4.90 Å². The highest BCUT2D eigenvalue weighted by atomic mass is 16.5. The predicted octanol–water partition coefficient (Wildman–Crippen LogP) is 0.0219. The van der Waals surface area contributed by atoms with Gasteiger partial charge in [-0.3, -0.25) is 4.79 Å². The Morgan fingerprint density at radius 1 is 1.80 bits per heavy atom. The van der Waals surface area contributed by atoms with Crippen LogP contribution < -0.4 is 0 Å². The molecule has 0 aromatic carbocycles. The van der Waals surface area contributed by atoms with E-state index in [0.29, 0.717) is 5.92 Å². The molecule has 1 saturated heterocycles. The van der Waals surface area contributed by atoms with Gasteiger partial charge in [0.2, 0.25) is 0 Å². The smallest absolute Gasteiger partial charge is 0.312 e. The van der Waals surface area contributed by atoms with Crippen molar-refractivity contribution in [2.75, 3.05) is 26.8 Å². The molecule has 1 aliphatic rings. The lowest BCUT2D eigenvalue weighted by molar-refractivity contribution is 0.157. The molecule has 1 fully saturated rings. The van der Waals surface area contributed by atoms with Gasteiger partial charge in [0.05, 0.1) is 6.61 Å². The molecule has 0 bridgehead atoms. The number of likely N-dealkylation sites (tertiary alicyclic amines) is 1. The molecule has 0 spiro atoms. The third-order valence-corrected chi connectivity index (χ3v) is 1.82. The highest BCUT2D eigenvalue weighted by Gasteiger charge is 2.20. The van der Waals surface area contributed by atoms with Gasteiger partial charge < -0.3 is 9.64 Å². The largest absolute Gasteiger partial charge is 0.384 e. The van der Waals surface area contributed by atoms with Gasteiger partial charge in [-0.2, -0.15) is 0 Å². The Bertz CT molecular complexity index is 116. The average molecular weight is 142 g/mol. The summed E-state index contributed by atoms with van der Waals surface area (Å²) in [6.45, 7) is 2.42. The maximum atomic E-state index is 10.1. The molecule has 1 rings (SSSR count). The van der Waals surface area contributed by atoms with Gasteiger partial charge in [0.1, 0.15) is 0 Å². The van der Waals surface area contributed by atoms with Crippen LogP contribution in [0.2, 0.25) is 0 Å². The number of nitrogens with zero attached hydrogens (tertiary/aromatic N) is 1. The Kier molecular flexibility index (Phi) is 2.68. The number of hydrogen-bond acceptors (Lipinski definition) is 2. The van der Waals surface area contributed by atoms with Gasteiger partial charge in [-0.15, -0.1) is 0 Å². The minimum Gasteiger partial charge on any atom is -0.384 e. The normalized spacial score (nSPS) is 25.3. The molecule has 1 heterocycles. The van der Waals surface area contributed by atoms with E-state index in [1.165, 1.54) is 0 Å². The molecule has 1 amide bonds. The van der Waals surface area contributed by atoms with Crippen LogP contribution in [0, 0.1) is 5.92 Å². The number of carbonyl (C=O) groups excluding carboxylic acids is 1. The molecular weight excluding hydrogens is 130 g/mol. The molecule has 0 aliphatic carbocycles. The van der Waals surface area contributed by atoms with Crippen LogP contribution in [-0.4, -0.2) is 38.1 Å². The first-order chi connectivity index (χ1) is 4.86. The van der Waals surface area contributed by atoms with Crippen LogP contribution in [0.25, 0.3) is 0 Å². The van der Waals surface area contributed by atoms with E-state index < -0.39 is 0 Å². The molecule has 0 aromatic heterocycles. The van der Waals surface area contributed by atoms with Gasteiger partial charge in [0.25, 0.3) is 0 Å². The molecule has 0 saturated carbocycles. The number of rotatable bonds is 3. The number of hydrogen-bond donors (Lipinski definition) is 0. The lowest BCUT2D eigenvalue weighted by Gasteiger charge is -2.07. The molecule has 0 aromatic rings. The van der Waals surface area contributed by atoms with Gasteiger partial charge in [0.15, 0.2) is 0 Å². The summed E-state index contributed by atoms with van der Waals surface area (Å²) in [4.78, 5) is 11.8. The molecule has 1 radical (unpaired) electrons. The Balaban J connectivity index is 2.21. The summed E-state index contributed by atoms with van der Waals surface area (Å²) in [7, 11) is 1.69. The van der Waals surface area contributed by atoms with Crippen LogP contribution in [0.15, 0.2) is 0 Å². The molecule has 1 unspecified atom stereocenters. The molecule has 57 valence electrons. The van der Waals surface area contributed by atoms with E-state index in [4.69, 9.17) is 4.74 Å². The van der Waals surface area contributed by atoms with Gasteiger partial charge in [-0.05, 0) is 6.42 Å². The fourth-order valence-corrected chi connectivity index (χ4v) is 1.29. The maximum absolute atomic E-state index is 10.1. The van der Waals surface area contributed by atoms with E-state index >= 15 is 0 Å². The lowest BCUT2D eigenvalue weighted by Crippen LogP contribution is -2.19. The molecule has 3 heteroatoms. The van der Waals surface area contributed by atoms with Crippen molar-refractivity contribution in [1.29, 1.82) is 0 Å². The minimum atomic E-state index is 0.534. The molecule has 1 atom stereocenters.